The van der Waals surface area contributed by atoms with Crippen LogP contribution in [0.25, 0.3) is 0 Å². The molecular formula is C18H17NO6S. The minimum atomic E-state index is -4.03. The van der Waals surface area contributed by atoms with E-state index in [9.17, 15) is 13.2 Å². The van der Waals surface area contributed by atoms with E-state index >= 15 is 0 Å². The van der Waals surface area contributed by atoms with Gasteiger partial charge in [0.05, 0.1) is 12.0 Å². The van der Waals surface area contributed by atoms with E-state index in [0.717, 1.165) is 13.3 Å². The predicted molar refractivity (Wildman–Crippen MR) is 94.8 cm³/mol. The fourth-order valence-electron chi connectivity index (χ4n) is 2.36. The van der Waals surface area contributed by atoms with Crippen LogP contribution in [-0.4, -0.2) is 34.7 Å². The summed E-state index contributed by atoms with van der Waals surface area (Å²) in [7, 11) is -2.91. The number of fused-ring (bicyclic) bond motifs is 1. The zero-order valence-corrected chi connectivity index (χ0v) is 14.8. The summed E-state index contributed by atoms with van der Waals surface area (Å²) >= 11 is 0. The number of carbonyl (C=O) groups excluding carboxylic acids is 1. The van der Waals surface area contributed by atoms with E-state index in [1.807, 2.05) is 0 Å². The SMILES string of the molecule is COC(=O)C(=CNc1ccc2c(c1)OCCO2)S(=O)(=O)c1ccccc1. The summed E-state index contributed by atoms with van der Waals surface area (Å²) < 4.78 is 41.0. The van der Waals surface area contributed by atoms with Gasteiger partial charge in [0, 0.05) is 18.0 Å². The Bertz CT molecular complexity index is 937. The normalized spacial score (nSPS) is 13.8. The zero-order valence-electron chi connectivity index (χ0n) is 14.0. The van der Waals surface area contributed by atoms with Crippen molar-refractivity contribution in [3.63, 3.8) is 0 Å². The van der Waals surface area contributed by atoms with Crippen LogP contribution in [-0.2, 0) is 19.4 Å². The number of ether oxygens (including phenoxy) is 3. The molecule has 0 amide bonds. The molecule has 2 aromatic carbocycles. The first-order valence-corrected chi connectivity index (χ1v) is 9.25. The van der Waals surface area contributed by atoms with Crippen LogP contribution in [0.4, 0.5) is 5.69 Å². The summed E-state index contributed by atoms with van der Waals surface area (Å²) in [6, 6.07) is 12.7. The van der Waals surface area contributed by atoms with Crippen LogP contribution in [0, 0.1) is 0 Å². The van der Waals surface area contributed by atoms with E-state index in [-0.39, 0.29) is 4.90 Å². The summed E-state index contributed by atoms with van der Waals surface area (Å²) in [6.07, 6.45) is 1.11. The van der Waals surface area contributed by atoms with Crippen LogP contribution in [0.2, 0.25) is 0 Å². The van der Waals surface area contributed by atoms with E-state index in [1.165, 1.54) is 12.1 Å². The molecule has 1 N–H and O–H groups in total. The topological polar surface area (TPSA) is 90.9 Å². The molecule has 0 spiro atoms. The Labute approximate surface area is 151 Å². The van der Waals surface area contributed by atoms with Crippen molar-refractivity contribution in [1.29, 1.82) is 0 Å². The van der Waals surface area contributed by atoms with Crippen molar-refractivity contribution < 1.29 is 27.4 Å². The van der Waals surface area contributed by atoms with Crippen molar-refractivity contribution in [3.8, 4) is 11.5 Å². The second-order valence-electron chi connectivity index (χ2n) is 5.32. The molecule has 0 aromatic heterocycles. The van der Waals surface area contributed by atoms with Crippen LogP contribution < -0.4 is 14.8 Å². The van der Waals surface area contributed by atoms with E-state index in [1.54, 1.807) is 36.4 Å². The van der Waals surface area contributed by atoms with Crippen LogP contribution in [0.1, 0.15) is 0 Å². The molecule has 0 saturated carbocycles. The number of benzene rings is 2. The summed E-state index contributed by atoms with van der Waals surface area (Å²) in [5.74, 6) is 0.190. The molecule has 0 bridgehead atoms. The first kappa shape index (κ1) is 17.8. The van der Waals surface area contributed by atoms with Gasteiger partial charge in [-0.05, 0) is 24.3 Å². The van der Waals surface area contributed by atoms with Gasteiger partial charge in [0.15, 0.2) is 16.4 Å². The number of hydrogen-bond acceptors (Lipinski definition) is 7. The molecule has 26 heavy (non-hydrogen) atoms. The highest BCUT2D eigenvalue weighted by atomic mass is 32.2. The highest BCUT2D eigenvalue weighted by molar-refractivity contribution is 7.96. The summed E-state index contributed by atoms with van der Waals surface area (Å²) in [4.78, 5) is 11.5. The molecule has 7 nitrogen and oxygen atoms in total. The second-order valence-corrected chi connectivity index (χ2v) is 7.24. The van der Waals surface area contributed by atoms with Crippen LogP contribution >= 0.6 is 0 Å². The fraction of sp³-hybridized carbons (Fsp3) is 0.167. The third kappa shape index (κ3) is 3.65. The lowest BCUT2D eigenvalue weighted by Crippen LogP contribution is -2.17. The molecule has 1 heterocycles. The Morgan fingerprint density at radius 2 is 1.77 bits per heavy atom. The second kappa shape index (κ2) is 7.49. The molecule has 0 atom stereocenters. The lowest BCUT2D eigenvalue weighted by Gasteiger charge is -2.18. The van der Waals surface area contributed by atoms with E-state index in [2.05, 4.69) is 10.1 Å². The largest absolute Gasteiger partial charge is 0.486 e. The average molecular weight is 375 g/mol. The maximum absolute atomic E-state index is 12.7. The van der Waals surface area contributed by atoms with Crippen molar-refractivity contribution in [2.45, 2.75) is 4.90 Å². The van der Waals surface area contributed by atoms with Crippen molar-refractivity contribution in [3.05, 3.63) is 59.6 Å². The first-order chi connectivity index (χ1) is 12.5. The van der Waals surface area contributed by atoms with Crippen molar-refractivity contribution in [2.75, 3.05) is 25.6 Å². The third-order valence-corrected chi connectivity index (χ3v) is 5.40. The summed E-state index contributed by atoms with van der Waals surface area (Å²) in [5, 5.41) is 2.81. The minimum absolute atomic E-state index is 0.000578. The van der Waals surface area contributed by atoms with Gasteiger partial charge in [-0.1, -0.05) is 18.2 Å². The Balaban J connectivity index is 1.92. The van der Waals surface area contributed by atoms with E-state index in [0.29, 0.717) is 30.4 Å². The van der Waals surface area contributed by atoms with Gasteiger partial charge < -0.3 is 19.5 Å². The van der Waals surface area contributed by atoms with Gasteiger partial charge in [0.2, 0.25) is 9.84 Å². The highest BCUT2D eigenvalue weighted by Gasteiger charge is 2.28. The average Bonchev–Trinajstić information content (AvgIpc) is 2.68. The van der Waals surface area contributed by atoms with Gasteiger partial charge in [-0.25, -0.2) is 13.2 Å². The molecule has 2 aromatic rings. The fourth-order valence-corrected chi connectivity index (χ4v) is 3.64. The lowest BCUT2D eigenvalue weighted by molar-refractivity contribution is -0.135. The molecule has 0 fully saturated rings. The predicted octanol–water partition coefficient (Wildman–Crippen LogP) is 2.36. The van der Waals surface area contributed by atoms with Gasteiger partial charge in [-0.15, -0.1) is 0 Å². The Morgan fingerprint density at radius 3 is 2.46 bits per heavy atom. The number of esters is 1. The maximum Gasteiger partial charge on any atom is 0.351 e. The van der Waals surface area contributed by atoms with Gasteiger partial charge in [-0.3, -0.25) is 0 Å². The van der Waals surface area contributed by atoms with Gasteiger partial charge >= 0.3 is 5.97 Å². The molecular weight excluding hydrogens is 358 g/mol. The van der Waals surface area contributed by atoms with Crippen molar-refractivity contribution >= 4 is 21.5 Å². The summed E-state index contributed by atoms with van der Waals surface area (Å²) in [6.45, 7) is 0.906. The number of nitrogens with one attached hydrogen (secondary N) is 1. The smallest absolute Gasteiger partial charge is 0.351 e. The minimum Gasteiger partial charge on any atom is -0.486 e. The third-order valence-electron chi connectivity index (χ3n) is 3.64. The molecule has 0 unspecified atom stereocenters. The van der Waals surface area contributed by atoms with E-state index in [4.69, 9.17) is 9.47 Å². The maximum atomic E-state index is 12.7. The standard InChI is InChI=1S/C18H17NO6S/c1-23-18(20)17(26(21,22)14-5-3-2-4-6-14)12-19-13-7-8-15-16(11-13)25-10-9-24-15/h2-8,11-12,19H,9-10H2,1H3. The van der Waals surface area contributed by atoms with Crippen LogP contribution in [0.5, 0.6) is 11.5 Å². The molecule has 0 saturated heterocycles. The number of rotatable bonds is 5. The molecule has 136 valence electrons. The number of hydrogen-bond donors (Lipinski definition) is 1. The molecule has 1 aliphatic heterocycles. The highest BCUT2D eigenvalue weighted by Crippen LogP contribution is 2.32. The monoisotopic (exact) mass is 375 g/mol. The quantitative estimate of drug-likeness (QED) is 0.634. The Hall–Kier alpha value is -3.00. The molecule has 0 aliphatic carbocycles. The number of carbonyl (C=O) groups is 1. The lowest BCUT2D eigenvalue weighted by atomic mass is 10.2. The molecule has 1 aliphatic rings. The Kier molecular flexibility index (Phi) is 5.13. The van der Waals surface area contributed by atoms with Crippen molar-refractivity contribution in [2.24, 2.45) is 0 Å². The van der Waals surface area contributed by atoms with Gasteiger partial charge in [0.1, 0.15) is 13.2 Å². The Morgan fingerprint density at radius 1 is 1.08 bits per heavy atom. The van der Waals surface area contributed by atoms with Gasteiger partial charge in [-0.2, -0.15) is 0 Å². The van der Waals surface area contributed by atoms with Crippen LogP contribution in [0.15, 0.2) is 64.5 Å². The number of sulfone groups is 1. The molecule has 3 rings (SSSR count). The molecule has 8 heteroatoms. The first-order valence-electron chi connectivity index (χ1n) is 7.77. The van der Waals surface area contributed by atoms with Crippen LogP contribution in [0.3, 0.4) is 0 Å². The van der Waals surface area contributed by atoms with Crippen molar-refractivity contribution in [1.82, 2.24) is 0 Å². The summed E-state index contributed by atoms with van der Waals surface area (Å²) in [5.41, 5.74) is 0.541. The molecule has 0 radical (unpaired) electrons. The number of methoxy groups -OCH3 is 1. The number of anilines is 1. The zero-order chi connectivity index (χ0) is 18.6. The van der Waals surface area contributed by atoms with Gasteiger partial charge in [0.25, 0.3) is 0 Å². The van der Waals surface area contributed by atoms with E-state index < -0.39 is 20.7 Å².